The Morgan fingerprint density at radius 2 is 1.74 bits per heavy atom. The number of hydrogen-bond acceptors (Lipinski definition) is 3. The van der Waals surface area contributed by atoms with Gasteiger partial charge in [-0.2, -0.15) is 0 Å². The summed E-state index contributed by atoms with van der Waals surface area (Å²) in [7, 11) is 1.84. The Morgan fingerprint density at radius 3 is 2.52 bits per heavy atom. The van der Waals surface area contributed by atoms with Gasteiger partial charge in [0.05, 0.1) is 12.1 Å². The van der Waals surface area contributed by atoms with E-state index in [1.165, 1.54) is 32.1 Å². The van der Waals surface area contributed by atoms with Gasteiger partial charge in [0.15, 0.2) is 0 Å². The van der Waals surface area contributed by atoms with Crippen molar-refractivity contribution in [3.05, 3.63) is 48.0 Å². The monoisotopic (exact) mass is 388 g/mol. The number of carbonyl (C=O) groups is 1. The zero-order valence-electron chi connectivity index (χ0n) is 15.9. The molecule has 1 amide bonds. The summed E-state index contributed by atoms with van der Waals surface area (Å²) >= 11 is 0. The standard InChI is InChI=1S/C22H28N2O2.ClH/c1-23(20-14-24(15-21(20)25)17-10-3-2-4-11-17)22(26)19-13-7-9-16-8-5-6-12-18(16)19;/h5-9,12-13,17,20-21,25H,2-4,10-11,14-15H2,1H3;1H/t20-,21-;/m0./s1. The molecular weight excluding hydrogens is 360 g/mol. The van der Waals surface area contributed by atoms with Gasteiger partial charge in [0.1, 0.15) is 0 Å². The first-order valence-corrected chi connectivity index (χ1v) is 9.82. The number of aliphatic hydroxyl groups is 1. The third-order valence-corrected chi connectivity index (χ3v) is 6.22. The van der Waals surface area contributed by atoms with E-state index in [4.69, 9.17) is 0 Å². The molecule has 1 heterocycles. The van der Waals surface area contributed by atoms with Gasteiger partial charge >= 0.3 is 0 Å². The van der Waals surface area contributed by atoms with Crippen molar-refractivity contribution in [2.24, 2.45) is 0 Å². The van der Waals surface area contributed by atoms with Crippen molar-refractivity contribution >= 4 is 29.1 Å². The van der Waals surface area contributed by atoms with Crippen molar-refractivity contribution in [1.29, 1.82) is 0 Å². The van der Waals surface area contributed by atoms with Crippen LogP contribution in [0, 0.1) is 0 Å². The lowest BCUT2D eigenvalue weighted by Crippen LogP contribution is -2.44. The average molecular weight is 389 g/mol. The van der Waals surface area contributed by atoms with Crippen molar-refractivity contribution < 1.29 is 9.90 Å². The molecule has 0 radical (unpaired) electrons. The SMILES string of the molecule is CN(C(=O)c1cccc2ccccc12)[C@H]1CN(C2CCCCC2)C[C@@H]1O.Cl. The summed E-state index contributed by atoms with van der Waals surface area (Å²) in [5.74, 6) is -0.00339. The molecule has 4 rings (SSSR count). The molecule has 0 spiro atoms. The molecule has 1 saturated carbocycles. The van der Waals surface area contributed by atoms with Gasteiger partial charge in [-0.3, -0.25) is 9.69 Å². The van der Waals surface area contributed by atoms with E-state index in [0.29, 0.717) is 18.2 Å². The number of halogens is 1. The van der Waals surface area contributed by atoms with Crippen molar-refractivity contribution in [3.8, 4) is 0 Å². The van der Waals surface area contributed by atoms with Crippen LogP contribution in [-0.4, -0.2) is 59.1 Å². The van der Waals surface area contributed by atoms with Crippen LogP contribution in [-0.2, 0) is 0 Å². The highest BCUT2D eigenvalue weighted by Gasteiger charge is 2.39. The maximum atomic E-state index is 13.2. The van der Waals surface area contributed by atoms with Gasteiger partial charge in [-0.1, -0.05) is 55.7 Å². The molecule has 0 unspecified atom stereocenters. The third-order valence-electron chi connectivity index (χ3n) is 6.22. The molecule has 1 aliphatic carbocycles. The number of likely N-dealkylation sites (tertiary alicyclic amines) is 1. The fourth-order valence-corrected chi connectivity index (χ4v) is 4.68. The molecule has 2 aromatic carbocycles. The van der Waals surface area contributed by atoms with E-state index in [0.717, 1.165) is 17.3 Å². The van der Waals surface area contributed by atoms with E-state index >= 15 is 0 Å². The second-order valence-electron chi connectivity index (χ2n) is 7.82. The Morgan fingerprint density at radius 1 is 1.04 bits per heavy atom. The van der Waals surface area contributed by atoms with Crippen molar-refractivity contribution in [2.45, 2.75) is 50.3 Å². The third kappa shape index (κ3) is 3.98. The van der Waals surface area contributed by atoms with Crippen LogP contribution < -0.4 is 0 Å². The first-order chi connectivity index (χ1) is 12.6. The summed E-state index contributed by atoms with van der Waals surface area (Å²) in [6.07, 6.45) is 5.87. The first-order valence-electron chi connectivity index (χ1n) is 9.82. The Hall–Kier alpha value is -1.62. The maximum absolute atomic E-state index is 13.2. The van der Waals surface area contributed by atoms with Gasteiger partial charge in [0, 0.05) is 31.7 Å². The summed E-state index contributed by atoms with van der Waals surface area (Å²) in [5.41, 5.74) is 0.717. The molecule has 1 N–H and O–H groups in total. The number of nitrogens with zero attached hydrogens (tertiary/aromatic N) is 2. The molecular formula is C22H29ClN2O2. The average Bonchev–Trinajstić information content (AvgIpc) is 3.09. The number of fused-ring (bicyclic) bond motifs is 1. The van der Waals surface area contributed by atoms with E-state index in [9.17, 15) is 9.90 Å². The normalized spacial score (nSPS) is 23.9. The number of benzene rings is 2. The summed E-state index contributed by atoms with van der Waals surface area (Å²) in [4.78, 5) is 17.3. The predicted molar refractivity (Wildman–Crippen MR) is 112 cm³/mol. The lowest BCUT2D eigenvalue weighted by Gasteiger charge is -2.32. The predicted octanol–water partition coefficient (Wildman–Crippen LogP) is 3.71. The minimum atomic E-state index is -0.471. The zero-order chi connectivity index (χ0) is 18.1. The largest absolute Gasteiger partial charge is 0.390 e. The molecule has 0 aromatic heterocycles. The molecule has 4 nitrogen and oxygen atoms in total. The number of β-amino-alcohol motifs (C(OH)–C–C–N with tert-alkyl or cyclic N) is 1. The van der Waals surface area contributed by atoms with E-state index < -0.39 is 6.10 Å². The van der Waals surface area contributed by atoms with Gasteiger partial charge in [-0.05, 0) is 29.7 Å². The quantitative estimate of drug-likeness (QED) is 0.871. The molecule has 2 aliphatic rings. The van der Waals surface area contributed by atoms with E-state index in [1.54, 1.807) is 4.90 Å². The summed E-state index contributed by atoms with van der Waals surface area (Å²) in [6, 6.07) is 14.3. The van der Waals surface area contributed by atoms with Crippen LogP contribution in [0.15, 0.2) is 42.5 Å². The van der Waals surface area contributed by atoms with Gasteiger partial charge in [0.2, 0.25) is 0 Å². The first kappa shape index (κ1) is 20.1. The minimum absolute atomic E-state index is 0. The fraction of sp³-hybridized carbons (Fsp3) is 0.500. The van der Waals surface area contributed by atoms with Gasteiger partial charge in [-0.15, -0.1) is 12.4 Å². The summed E-state index contributed by atoms with van der Waals surface area (Å²) in [5, 5.41) is 12.7. The molecule has 1 saturated heterocycles. The second kappa shape index (κ2) is 8.59. The topological polar surface area (TPSA) is 43.8 Å². The molecule has 27 heavy (non-hydrogen) atoms. The highest BCUT2D eigenvalue weighted by Crippen LogP contribution is 2.28. The van der Waals surface area contributed by atoms with E-state index in [-0.39, 0.29) is 24.4 Å². The van der Waals surface area contributed by atoms with Crippen LogP contribution >= 0.6 is 12.4 Å². The molecule has 5 heteroatoms. The van der Waals surface area contributed by atoms with Crippen LogP contribution in [0.5, 0.6) is 0 Å². The molecule has 2 aromatic rings. The lowest BCUT2D eigenvalue weighted by molar-refractivity contribution is 0.0583. The zero-order valence-corrected chi connectivity index (χ0v) is 16.7. The Labute approximate surface area is 167 Å². The molecule has 2 atom stereocenters. The highest BCUT2D eigenvalue weighted by atomic mass is 35.5. The highest BCUT2D eigenvalue weighted by molar-refractivity contribution is 6.07. The number of likely N-dealkylation sites (N-methyl/N-ethyl adjacent to an activating group) is 1. The second-order valence-corrected chi connectivity index (χ2v) is 7.82. The minimum Gasteiger partial charge on any atom is -0.390 e. The molecule has 146 valence electrons. The van der Waals surface area contributed by atoms with E-state index in [2.05, 4.69) is 4.90 Å². The van der Waals surface area contributed by atoms with Crippen LogP contribution in [0.2, 0.25) is 0 Å². The summed E-state index contributed by atoms with van der Waals surface area (Å²) in [6.45, 7) is 1.46. The number of carbonyl (C=O) groups excluding carboxylic acids is 1. The molecule has 1 aliphatic heterocycles. The van der Waals surface area contributed by atoms with Crippen molar-refractivity contribution in [3.63, 3.8) is 0 Å². The number of rotatable bonds is 3. The van der Waals surface area contributed by atoms with Gasteiger partial charge in [-0.25, -0.2) is 0 Å². The number of amides is 1. The maximum Gasteiger partial charge on any atom is 0.254 e. The Bertz CT molecular complexity index is 785. The lowest BCUT2D eigenvalue weighted by atomic mass is 9.94. The van der Waals surface area contributed by atoms with Crippen molar-refractivity contribution in [2.75, 3.05) is 20.1 Å². The number of hydrogen-bond donors (Lipinski definition) is 1. The number of aliphatic hydroxyl groups excluding tert-OH is 1. The smallest absolute Gasteiger partial charge is 0.254 e. The van der Waals surface area contributed by atoms with Crippen LogP contribution in [0.3, 0.4) is 0 Å². The summed E-state index contributed by atoms with van der Waals surface area (Å²) < 4.78 is 0. The Kier molecular flexibility index (Phi) is 6.40. The van der Waals surface area contributed by atoms with Crippen LogP contribution in [0.4, 0.5) is 0 Å². The van der Waals surface area contributed by atoms with Gasteiger partial charge in [0.25, 0.3) is 5.91 Å². The van der Waals surface area contributed by atoms with Crippen LogP contribution in [0.1, 0.15) is 42.5 Å². The molecule has 0 bridgehead atoms. The van der Waals surface area contributed by atoms with Crippen LogP contribution in [0.25, 0.3) is 10.8 Å². The Balaban J connectivity index is 0.00000210. The molecule has 2 fully saturated rings. The fourth-order valence-electron chi connectivity index (χ4n) is 4.68. The van der Waals surface area contributed by atoms with E-state index in [1.807, 2.05) is 49.5 Å². The van der Waals surface area contributed by atoms with Gasteiger partial charge < -0.3 is 10.0 Å². The van der Waals surface area contributed by atoms with Crippen molar-refractivity contribution in [1.82, 2.24) is 9.80 Å².